The number of methoxy groups -OCH3 is 1. The second kappa shape index (κ2) is 6.45. The predicted octanol–water partition coefficient (Wildman–Crippen LogP) is 4.24. The molecular formula is C14H14Br2N2O2. The number of pyridine rings is 1. The molecule has 4 nitrogen and oxygen atoms in total. The van der Waals surface area contributed by atoms with Crippen molar-refractivity contribution >= 4 is 37.5 Å². The topological polar surface area (TPSA) is 54.4 Å². The fourth-order valence-corrected chi connectivity index (χ4v) is 2.69. The summed E-state index contributed by atoms with van der Waals surface area (Å²) in [6, 6.07) is 7.52. The van der Waals surface area contributed by atoms with Crippen molar-refractivity contribution < 1.29 is 9.84 Å². The van der Waals surface area contributed by atoms with Crippen molar-refractivity contribution in [1.29, 1.82) is 0 Å². The Labute approximate surface area is 134 Å². The van der Waals surface area contributed by atoms with Gasteiger partial charge in [0, 0.05) is 6.54 Å². The van der Waals surface area contributed by atoms with Gasteiger partial charge in [-0.15, -0.1) is 0 Å². The van der Waals surface area contributed by atoms with E-state index in [0.29, 0.717) is 16.8 Å². The van der Waals surface area contributed by atoms with E-state index in [2.05, 4.69) is 42.2 Å². The number of ether oxygens (including phenoxy) is 1. The molecule has 1 heterocycles. The van der Waals surface area contributed by atoms with Gasteiger partial charge in [-0.1, -0.05) is 0 Å². The van der Waals surface area contributed by atoms with Crippen LogP contribution in [0.15, 0.2) is 33.3 Å². The van der Waals surface area contributed by atoms with Gasteiger partial charge in [0.15, 0.2) is 11.5 Å². The van der Waals surface area contributed by atoms with Crippen LogP contribution in [0, 0.1) is 6.92 Å². The van der Waals surface area contributed by atoms with Gasteiger partial charge < -0.3 is 15.2 Å². The standard InChI is InChI=1S/C14H14Br2N2O2/c1-8-11(3-4-13(16)18-8)17-7-9-5-10(15)14(19)12(6-9)20-2/h3-6,17,19H,7H2,1-2H3. The molecule has 106 valence electrons. The van der Waals surface area contributed by atoms with Crippen LogP contribution < -0.4 is 10.1 Å². The average molecular weight is 402 g/mol. The van der Waals surface area contributed by atoms with E-state index >= 15 is 0 Å². The first-order valence-electron chi connectivity index (χ1n) is 5.93. The SMILES string of the molecule is COc1cc(CNc2ccc(Br)nc2C)cc(Br)c1O. The van der Waals surface area contributed by atoms with E-state index in [4.69, 9.17) is 4.74 Å². The number of aryl methyl sites for hydroxylation is 1. The number of halogens is 2. The molecule has 0 radical (unpaired) electrons. The van der Waals surface area contributed by atoms with Crippen LogP contribution in [0.4, 0.5) is 5.69 Å². The maximum atomic E-state index is 9.77. The molecule has 2 N–H and O–H groups in total. The Morgan fingerprint density at radius 1 is 1.30 bits per heavy atom. The Hall–Kier alpha value is -1.27. The van der Waals surface area contributed by atoms with Gasteiger partial charge in [-0.3, -0.25) is 0 Å². The third-order valence-electron chi connectivity index (χ3n) is 2.84. The molecule has 0 saturated carbocycles. The van der Waals surface area contributed by atoms with Crippen molar-refractivity contribution in [3.8, 4) is 11.5 Å². The lowest BCUT2D eigenvalue weighted by atomic mass is 10.2. The van der Waals surface area contributed by atoms with Crippen molar-refractivity contribution in [2.75, 3.05) is 12.4 Å². The molecule has 2 aromatic rings. The second-order valence-corrected chi connectivity index (χ2v) is 5.92. The highest BCUT2D eigenvalue weighted by Gasteiger charge is 2.09. The van der Waals surface area contributed by atoms with Crippen LogP contribution in [0.25, 0.3) is 0 Å². The normalized spacial score (nSPS) is 10.4. The fraction of sp³-hybridized carbons (Fsp3) is 0.214. The van der Waals surface area contributed by atoms with Gasteiger partial charge in [0.25, 0.3) is 0 Å². The third kappa shape index (κ3) is 3.43. The minimum Gasteiger partial charge on any atom is -0.503 e. The first kappa shape index (κ1) is 15.1. The molecule has 0 unspecified atom stereocenters. The first-order chi connectivity index (χ1) is 9.51. The summed E-state index contributed by atoms with van der Waals surface area (Å²) in [4.78, 5) is 4.33. The largest absolute Gasteiger partial charge is 0.503 e. The number of aromatic nitrogens is 1. The van der Waals surface area contributed by atoms with Crippen LogP contribution in [-0.4, -0.2) is 17.2 Å². The van der Waals surface area contributed by atoms with Crippen molar-refractivity contribution in [2.45, 2.75) is 13.5 Å². The number of benzene rings is 1. The summed E-state index contributed by atoms with van der Waals surface area (Å²) < 4.78 is 6.56. The quantitative estimate of drug-likeness (QED) is 0.752. The molecule has 0 fully saturated rings. The van der Waals surface area contributed by atoms with E-state index in [9.17, 15) is 5.11 Å². The summed E-state index contributed by atoms with van der Waals surface area (Å²) in [7, 11) is 1.53. The molecule has 0 saturated heterocycles. The number of nitrogens with one attached hydrogen (secondary N) is 1. The fourth-order valence-electron chi connectivity index (χ4n) is 1.80. The molecule has 20 heavy (non-hydrogen) atoms. The molecular weight excluding hydrogens is 388 g/mol. The summed E-state index contributed by atoms with van der Waals surface area (Å²) >= 11 is 6.65. The minimum absolute atomic E-state index is 0.109. The van der Waals surface area contributed by atoms with Gasteiger partial charge in [0.1, 0.15) is 4.60 Å². The predicted molar refractivity (Wildman–Crippen MR) is 86.4 cm³/mol. The lowest BCUT2D eigenvalue weighted by Crippen LogP contribution is -2.02. The van der Waals surface area contributed by atoms with Crippen LogP contribution in [0.5, 0.6) is 11.5 Å². The summed E-state index contributed by atoms with van der Waals surface area (Å²) in [5, 5.41) is 13.1. The maximum Gasteiger partial charge on any atom is 0.172 e. The number of anilines is 1. The molecule has 0 atom stereocenters. The lowest BCUT2D eigenvalue weighted by molar-refractivity contribution is 0.371. The minimum atomic E-state index is 0.109. The zero-order chi connectivity index (χ0) is 14.7. The van der Waals surface area contributed by atoms with Crippen molar-refractivity contribution in [3.05, 3.63) is 44.6 Å². The smallest absolute Gasteiger partial charge is 0.172 e. The number of aromatic hydroxyl groups is 1. The maximum absolute atomic E-state index is 9.77. The third-order valence-corrected chi connectivity index (χ3v) is 3.89. The van der Waals surface area contributed by atoms with Crippen LogP contribution in [0.2, 0.25) is 0 Å². The van der Waals surface area contributed by atoms with E-state index in [1.807, 2.05) is 25.1 Å². The Morgan fingerprint density at radius 2 is 2.05 bits per heavy atom. The second-order valence-electron chi connectivity index (χ2n) is 4.25. The summed E-state index contributed by atoms with van der Waals surface area (Å²) in [5.41, 5.74) is 2.88. The van der Waals surface area contributed by atoms with Crippen LogP contribution in [0.1, 0.15) is 11.3 Å². The number of phenolic OH excluding ortho intramolecular Hbond substituents is 1. The molecule has 0 amide bonds. The molecule has 0 spiro atoms. The Morgan fingerprint density at radius 3 is 2.70 bits per heavy atom. The van der Waals surface area contributed by atoms with Crippen molar-refractivity contribution in [2.24, 2.45) is 0 Å². The van der Waals surface area contributed by atoms with E-state index in [-0.39, 0.29) is 5.75 Å². The van der Waals surface area contributed by atoms with Crippen LogP contribution in [-0.2, 0) is 6.54 Å². The molecule has 0 aliphatic carbocycles. The van der Waals surface area contributed by atoms with E-state index in [1.54, 1.807) is 6.07 Å². The van der Waals surface area contributed by atoms with Gasteiger partial charge >= 0.3 is 0 Å². The number of phenols is 1. The molecule has 2 rings (SSSR count). The zero-order valence-electron chi connectivity index (χ0n) is 11.1. The van der Waals surface area contributed by atoms with Gasteiger partial charge in [-0.2, -0.15) is 0 Å². The van der Waals surface area contributed by atoms with E-state index in [0.717, 1.165) is 21.5 Å². The molecule has 0 aliphatic rings. The number of hydrogen-bond acceptors (Lipinski definition) is 4. The number of hydrogen-bond donors (Lipinski definition) is 2. The molecule has 6 heteroatoms. The summed E-state index contributed by atoms with van der Waals surface area (Å²) in [5.74, 6) is 0.555. The molecule has 1 aromatic heterocycles. The number of nitrogens with zero attached hydrogens (tertiary/aromatic N) is 1. The van der Waals surface area contributed by atoms with Gasteiger partial charge in [-0.05, 0) is 68.6 Å². The summed E-state index contributed by atoms with van der Waals surface area (Å²) in [6.07, 6.45) is 0. The highest BCUT2D eigenvalue weighted by Crippen LogP contribution is 2.35. The number of rotatable bonds is 4. The summed E-state index contributed by atoms with van der Waals surface area (Å²) in [6.45, 7) is 2.56. The van der Waals surface area contributed by atoms with Crippen LogP contribution in [0.3, 0.4) is 0 Å². The molecule has 0 aliphatic heterocycles. The molecule has 0 bridgehead atoms. The van der Waals surface area contributed by atoms with Crippen molar-refractivity contribution in [1.82, 2.24) is 4.98 Å². The highest BCUT2D eigenvalue weighted by atomic mass is 79.9. The Balaban J connectivity index is 2.16. The Kier molecular flexibility index (Phi) is 4.88. The van der Waals surface area contributed by atoms with Gasteiger partial charge in [0.2, 0.25) is 0 Å². The average Bonchev–Trinajstić information content (AvgIpc) is 2.41. The van der Waals surface area contributed by atoms with E-state index in [1.165, 1.54) is 7.11 Å². The van der Waals surface area contributed by atoms with Gasteiger partial charge in [0.05, 0.1) is 23.0 Å². The zero-order valence-corrected chi connectivity index (χ0v) is 14.2. The first-order valence-corrected chi connectivity index (χ1v) is 7.52. The highest BCUT2D eigenvalue weighted by molar-refractivity contribution is 9.10. The van der Waals surface area contributed by atoms with E-state index < -0.39 is 0 Å². The van der Waals surface area contributed by atoms with Crippen molar-refractivity contribution in [3.63, 3.8) is 0 Å². The lowest BCUT2D eigenvalue weighted by Gasteiger charge is -2.12. The monoisotopic (exact) mass is 400 g/mol. The molecule has 1 aromatic carbocycles. The van der Waals surface area contributed by atoms with Crippen LogP contribution >= 0.6 is 31.9 Å². The Bertz CT molecular complexity index is 633. The van der Waals surface area contributed by atoms with Gasteiger partial charge in [-0.25, -0.2) is 4.98 Å².